The van der Waals surface area contributed by atoms with Crippen LogP contribution in [0.15, 0.2) is 18.2 Å². The van der Waals surface area contributed by atoms with Crippen molar-refractivity contribution in [3.8, 4) is 0 Å². The third-order valence-electron chi connectivity index (χ3n) is 5.92. The molecule has 1 aliphatic carbocycles. The number of rotatable bonds is 8. The lowest BCUT2D eigenvalue weighted by atomic mass is 9.99. The molecule has 6 unspecified atom stereocenters. The Balaban J connectivity index is 1.71. The Bertz CT molecular complexity index is 775. The fraction of sp³-hybridized carbons (Fsp3) is 0.652. The summed E-state index contributed by atoms with van der Waals surface area (Å²) in [6.07, 6.45) is -0.104. The summed E-state index contributed by atoms with van der Waals surface area (Å²) in [4.78, 5) is 13.4. The number of benzene rings is 1. The summed E-state index contributed by atoms with van der Waals surface area (Å²) < 4.78 is 29.3. The molecule has 1 aromatic carbocycles. The summed E-state index contributed by atoms with van der Waals surface area (Å²) in [6, 6.07) is 6.16. The van der Waals surface area contributed by atoms with Crippen molar-refractivity contribution in [1.29, 1.82) is 0 Å². The minimum Gasteiger partial charge on any atom is -0.376 e. The molecule has 1 aliphatic heterocycles. The molecule has 1 fully saturated rings. The number of hydrogen-bond donors (Lipinski definition) is 0. The lowest BCUT2D eigenvalue weighted by Crippen LogP contribution is -2.59. The van der Waals surface area contributed by atoms with Gasteiger partial charge in [-0.05, 0) is 50.6 Å². The Morgan fingerprint density at radius 2 is 1.73 bits per heavy atom. The molecule has 7 nitrogen and oxygen atoms in total. The zero-order valence-electron chi connectivity index (χ0n) is 18.7. The number of likely N-dealkylation sites (N-methyl/N-ethyl adjacent to an activating group) is 1. The van der Waals surface area contributed by atoms with Gasteiger partial charge in [0.2, 0.25) is 0 Å². The van der Waals surface area contributed by atoms with Crippen molar-refractivity contribution in [2.45, 2.75) is 56.6 Å². The van der Waals surface area contributed by atoms with Gasteiger partial charge in [0.1, 0.15) is 24.3 Å². The van der Waals surface area contributed by atoms with Gasteiger partial charge >= 0.3 is 0 Å². The first-order valence-electron chi connectivity index (χ1n) is 10.3. The zero-order valence-corrected chi connectivity index (χ0v) is 18.7. The van der Waals surface area contributed by atoms with E-state index in [1.165, 1.54) is 11.1 Å². The first kappa shape index (κ1) is 23.1. The molecule has 7 heteroatoms. The van der Waals surface area contributed by atoms with Gasteiger partial charge in [-0.1, -0.05) is 18.2 Å². The number of carbonyl (C=O) groups excluding carboxylic acids is 1. The first-order valence-corrected chi connectivity index (χ1v) is 10.3. The van der Waals surface area contributed by atoms with E-state index in [1.54, 1.807) is 21.3 Å². The maximum Gasteiger partial charge on any atom is 0.187 e. The molecule has 0 saturated carbocycles. The van der Waals surface area contributed by atoms with Crippen LogP contribution in [0.5, 0.6) is 0 Å². The Kier molecular flexibility index (Phi) is 7.82. The monoisotopic (exact) mass is 419 g/mol. The largest absolute Gasteiger partial charge is 0.376 e. The van der Waals surface area contributed by atoms with E-state index in [4.69, 9.17) is 23.7 Å². The van der Waals surface area contributed by atoms with Gasteiger partial charge in [-0.2, -0.15) is 0 Å². The van der Waals surface area contributed by atoms with E-state index in [0.717, 1.165) is 18.4 Å². The fourth-order valence-electron chi connectivity index (χ4n) is 4.47. The van der Waals surface area contributed by atoms with Crippen LogP contribution in [-0.2, 0) is 41.3 Å². The molecule has 0 amide bonds. The van der Waals surface area contributed by atoms with E-state index in [-0.39, 0.29) is 30.5 Å². The van der Waals surface area contributed by atoms with Crippen LogP contribution in [0.2, 0.25) is 0 Å². The van der Waals surface area contributed by atoms with Gasteiger partial charge in [-0.25, -0.2) is 4.79 Å². The smallest absolute Gasteiger partial charge is 0.187 e. The fourth-order valence-corrected chi connectivity index (χ4v) is 4.47. The van der Waals surface area contributed by atoms with Crippen molar-refractivity contribution in [2.75, 3.05) is 42.0 Å². The highest BCUT2D eigenvalue weighted by atomic mass is 16.7. The summed E-state index contributed by atoms with van der Waals surface area (Å²) >= 11 is 0. The van der Waals surface area contributed by atoms with Crippen LogP contribution in [0.1, 0.15) is 23.6 Å². The molecule has 0 aromatic heterocycles. The minimum absolute atomic E-state index is 0.0285. The molecule has 0 bridgehead atoms. The summed E-state index contributed by atoms with van der Waals surface area (Å²) in [5.74, 6) is 2.09. The van der Waals surface area contributed by atoms with E-state index in [2.05, 4.69) is 18.1 Å². The highest BCUT2D eigenvalue weighted by molar-refractivity contribution is 5.88. The van der Waals surface area contributed by atoms with Gasteiger partial charge in [0.05, 0.1) is 17.8 Å². The summed E-state index contributed by atoms with van der Waals surface area (Å²) in [5.41, 5.74) is 4.00. The molecule has 2 aliphatic rings. The van der Waals surface area contributed by atoms with Crippen LogP contribution in [0.3, 0.4) is 0 Å². The highest BCUT2D eigenvalue weighted by Gasteiger charge is 2.47. The van der Waals surface area contributed by atoms with Gasteiger partial charge in [-0.15, -0.1) is 0 Å². The van der Waals surface area contributed by atoms with Crippen molar-refractivity contribution in [3.63, 3.8) is 0 Å². The molecule has 30 heavy (non-hydrogen) atoms. The summed E-state index contributed by atoms with van der Waals surface area (Å²) in [7, 11) is 8.80. The minimum atomic E-state index is -0.542. The molecule has 3 rings (SSSR count). The molecular weight excluding hydrogens is 386 g/mol. The predicted octanol–water partition coefficient (Wildman–Crippen LogP) is 1.74. The zero-order chi connectivity index (χ0) is 21.8. The molecule has 166 valence electrons. The van der Waals surface area contributed by atoms with Gasteiger partial charge in [0.15, 0.2) is 6.29 Å². The average molecular weight is 420 g/mol. The molecule has 1 heterocycles. The molecule has 0 radical (unpaired) electrons. The van der Waals surface area contributed by atoms with Gasteiger partial charge in [0, 0.05) is 27.9 Å². The molecule has 0 spiro atoms. The predicted molar refractivity (Wildman–Crippen MR) is 113 cm³/mol. The normalized spacial score (nSPS) is 30.9. The van der Waals surface area contributed by atoms with Crippen molar-refractivity contribution in [1.82, 2.24) is 4.90 Å². The van der Waals surface area contributed by atoms with Gasteiger partial charge in [0.25, 0.3) is 0 Å². The SMILES string of the molecule is COC1C(C)OC(OC2Cc3ccc(C(=C=O)CN(C)C)cc3C2)C(OC)C1OC. The van der Waals surface area contributed by atoms with E-state index < -0.39 is 6.29 Å². The second kappa shape index (κ2) is 10.2. The standard InChI is InChI=1S/C23H33NO6/c1-14-20(26-4)21(27-5)22(28-6)23(29-14)30-19-10-16-8-7-15(9-17(16)11-19)18(13-25)12-24(2)3/h7-9,14,19-23H,10-12H2,1-6H3. The van der Waals surface area contributed by atoms with Gasteiger partial charge < -0.3 is 28.6 Å². The average Bonchev–Trinajstić information content (AvgIpc) is 3.12. The van der Waals surface area contributed by atoms with E-state index in [1.807, 2.05) is 32.0 Å². The maximum absolute atomic E-state index is 11.4. The van der Waals surface area contributed by atoms with Crippen LogP contribution >= 0.6 is 0 Å². The maximum atomic E-state index is 11.4. The first-order chi connectivity index (χ1) is 14.4. The number of fused-ring (bicyclic) bond motifs is 1. The Labute approximate surface area is 178 Å². The lowest BCUT2D eigenvalue weighted by Gasteiger charge is -2.44. The van der Waals surface area contributed by atoms with E-state index >= 15 is 0 Å². The Morgan fingerprint density at radius 3 is 2.33 bits per heavy atom. The third-order valence-corrected chi connectivity index (χ3v) is 5.92. The third kappa shape index (κ3) is 4.84. The molecule has 1 aromatic rings. The van der Waals surface area contributed by atoms with Crippen molar-refractivity contribution in [2.24, 2.45) is 0 Å². The van der Waals surface area contributed by atoms with Crippen LogP contribution in [0.4, 0.5) is 0 Å². The van der Waals surface area contributed by atoms with Crippen molar-refractivity contribution >= 4 is 11.5 Å². The van der Waals surface area contributed by atoms with Crippen molar-refractivity contribution in [3.05, 3.63) is 34.9 Å². The van der Waals surface area contributed by atoms with Gasteiger partial charge in [-0.3, -0.25) is 0 Å². The molecule has 0 N–H and O–H groups in total. The summed E-state index contributed by atoms with van der Waals surface area (Å²) in [6.45, 7) is 2.51. The van der Waals surface area contributed by atoms with Crippen molar-refractivity contribution < 1.29 is 28.5 Å². The van der Waals surface area contributed by atoms with Crippen LogP contribution in [-0.4, -0.2) is 89.6 Å². The lowest BCUT2D eigenvalue weighted by molar-refractivity contribution is -0.314. The number of nitrogens with zero attached hydrogens (tertiary/aromatic N) is 1. The molecule has 1 saturated heterocycles. The van der Waals surface area contributed by atoms with E-state index in [0.29, 0.717) is 12.1 Å². The highest BCUT2D eigenvalue weighted by Crippen LogP contribution is 2.32. The van der Waals surface area contributed by atoms with Crippen LogP contribution in [0.25, 0.3) is 5.57 Å². The molecule has 6 atom stereocenters. The Hall–Kier alpha value is -1.57. The summed E-state index contributed by atoms with van der Waals surface area (Å²) in [5, 5.41) is 0. The quantitative estimate of drug-likeness (QED) is 0.595. The van der Waals surface area contributed by atoms with E-state index in [9.17, 15) is 4.79 Å². The Morgan fingerprint density at radius 1 is 1.07 bits per heavy atom. The topological polar surface area (TPSA) is 66.5 Å². The number of ether oxygens (including phenoxy) is 5. The molecular formula is C23H33NO6. The van der Waals surface area contributed by atoms with Crippen LogP contribution < -0.4 is 0 Å². The number of methoxy groups -OCH3 is 3. The number of hydrogen-bond acceptors (Lipinski definition) is 7. The second-order valence-electron chi connectivity index (χ2n) is 8.28. The second-order valence-corrected chi connectivity index (χ2v) is 8.28. The van der Waals surface area contributed by atoms with Crippen LogP contribution in [0, 0.1) is 0 Å².